The second kappa shape index (κ2) is 7.41. The second-order valence-electron chi connectivity index (χ2n) is 3.70. The lowest BCUT2D eigenvalue weighted by molar-refractivity contribution is 1.20. The van der Waals surface area contributed by atoms with Crippen molar-refractivity contribution in [3.05, 3.63) is 15.0 Å². The van der Waals surface area contributed by atoms with Crippen molar-refractivity contribution in [3.63, 3.8) is 0 Å². The number of hydrogen-bond donors (Lipinski definition) is 2. The van der Waals surface area contributed by atoms with Gasteiger partial charge in [0.25, 0.3) is 0 Å². The van der Waals surface area contributed by atoms with E-state index in [2.05, 4.69) is 39.7 Å². The van der Waals surface area contributed by atoms with E-state index in [1.54, 1.807) is 11.5 Å². The molecule has 0 aliphatic heterocycles. The molecule has 0 spiro atoms. The minimum Gasteiger partial charge on any atom is -0.369 e. The van der Waals surface area contributed by atoms with Crippen LogP contribution in [0.5, 0.6) is 0 Å². The summed E-state index contributed by atoms with van der Waals surface area (Å²) in [6.45, 7) is 2.89. The van der Waals surface area contributed by atoms with Crippen molar-refractivity contribution in [2.75, 3.05) is 30.0 Å². The number of aryl methyl sites for hydroxylation is 1. The van der Waals surface area contributed by atoms with Crippen LogP contribution in [-0.4, -0.2) is 32.5 Å². The van der Waals surface area contributed by atoms with Crippen LogP contribution >= 0.6 is 51.0 Å². The van der Waals surface area contributed by atoms with Crippen molar-refractivity contribution in [3.8, 4) is 0 Å². The van der Waals surface area contributed by atoms with E-state index in [1.165, 1.54) is 16.6 Å². The van der Waals surface area contributed by atoms with Gasteiger partial charge in [0.1, 0.15) is 0 Å². The highest BCUT2D eigenvalue weighted by Gasteiger charge is 2.08. The maximum atomic E-state index is 4.32. The van der Waals surface area contributed by atoms with Gasteiger partial charge in [-0.2, -0.15) is 24.9 Å². The molecule has 0 aliphatic carbocycles. The van der Waals surface area contributed by atoms with E-state index in [9.17, 15) is 0 Å². The van der Waals surface area contributed by atoms with Gasteiger partial charge in [-0.3, -0.25) is 0 Å². The van der Waals surface area contributed by atoms with Crippen LogP contribution in [0.1, 0.15) is 10.6 Å². The van der Waals surface area contributed by atoms with Crippen LogP contribution in [0.4, 0.5) is 11.6 Å². The van der Waals surface area contributed by atoms with Gasteiger partial charge in [-0.25, -0.2) is 0 Å². The molecule has 9 heteroatoms. The van der Waals surface area contributed by atoms with Crippen molar-refractivity contribution >= 4 is 62.6 Å². The molecule has 2 rings (SSSR count). The average Bonchev–Trinajstić information content (AvgIpc) is 2.99. The SMILES string of the molecule is CNc1nsnc1NCCSCc1snc(C)c1Br. The summed E-state index contributed by atoms with van der Waals surface area (Å²) in [5.74, 6) is 3.66. The summed E-state index contributed by atoms with van der Waals surface area (Å²) in [5, 5.41) is 6.29. The van der Waals surface area contributed by atoms with Crippen LogP contribution in [0.3, 0.4) is 0 Å². The Morgan fingerprint density at radius 3 is 2.74 bits per heavy atom. The first-order valence-corrected chi connectivity index (χ1v) is 9.10. The maximum absolute atomic E-state index is 4.32. The number of thioether (sulfide) groups is 1. The fourth-order valence-electron chi connectivity index (χ4n) is 1.37. The molecule has 0 saturated carbocycles. The van der Waals surface area contributed by atoms with E-state index in [0.29, 0.717) is 0 Å². The average molecular weight is 380 g/mol. The molecule has 2 N–H and O–H groups in total. The highest BCUT2D eigenvalue weighted by Crippen LogP contribution is 2.28. The summed E-state index contributed by atoms with van der Waals surface area (Å²) in [5.41, 5.74) is 1.07. The molecule has 0 atom stereocenters. The molecule has 0 bridgehead atoms. The molecule has 0 aromatic carbocycles. The smallest absolute Gasteiger partial charge is 0.184 e. The summed E-state index contributed by atoms with van der Waals surface area (Å²) >= 11 is 8.23. The van der Waals surface area contributed by atoms with E-state index >= 15 is 0 Å². The zero-order chi connectivity index (χ0) is 13.7. The van der Waals surface area contributed by atoms with Crippen LogP contribution in [0.2, 0.25) is 0 Å². The number of halogens is 1. The summed E-state index contributed by atoms with van der Waals surface area (Å²) in [4.78, 5) is 1.30. The molecule has 0 radical (unpaired) electrons. The van der Waals surface area contributed by atoms with Crippen LogP contribution in [-0.2, 0) is 5.75 Å². The lowest BCUT2D eigenvalue weighted by Gasteiger charge is -2.04. The summed E-state index contributed by atoms with van der Waals surface area (Å²) < 4.78 is 13.8. The summed E-state index contributed by atoms with van der Waals surface area (Å²) in [7, 11) is 1.85. The van der Waals surface area contributed by atoms with Crippen molar-refractivity contribution < 1.29 is 0 Å². The van der Waals surface area contributed by atoms with Crippen molar-refractivity contribution in [1.82, 2.24) is 13.1 Å². The minimum absolute atomic E-state index is 0.816. The van der Waals surface area contributed by atoms with Crippen molar-refractivity contribution in [2.24, 2.45) is 0 Å². The van der Waals surface area contributed by atoms with Gasteiger partial charge >= 0.3 is 0 Å². The Morgan fingerprint density at radius 1 is 1.26 bits per heavy atom. The number of rotatable bonds is 7. The normalized spacial score (nSPS) is 10.7. The van der Waals surface area contributed by atoms with E-state index in [1.807, 2.05) is 25.7 Å². The van der Waals surface area contributed by atoms with E-state index in [0.717, 1.165) is 39.9 Å². The number of anilines is 2. The van der Waals surface area contributed by atoms with Crippen LogP contribution in [0, 0.1) is 6.92 Å². The molecule has 2 heterocycles. The third-order valence-electron chi connectivity index (χ3n) is 2.35. The predicted octanol–water partition coefficient (Wildman–Crippen LogP) is 3.45. The molecule has 0 saturated heterocycles. The third kappa shape index (κ3) is 4.04. The first-order valence-electron chi connectivity index (χ1n) is 5.65. The summed E-state index contributed by atoms with van der Waals surface area (Å²) in [6.07, 6.45) is 0. The predicted molar refractivity (Wildman–Crippen MR) is 88.7 cm³/mol. The fourth-order valence-corrected chi connectivity index (χ4v) is 4.40. The Morgan fingerprint density at radius 2 is 2.05 bits per heavy atom. The van der Waals surface area contributed by atoms with Crippen LogP contribution in [0.15, 0.2) is 4.47 Å². The standard InChI is InChI=1S/C10H14BrN5S3/c1-6-8(11)7(18-14-6)5-17-4-3-13-10-9(12-2)15-19-16-10/h3-5H2,1-2H3,(H,12,15)(H,13,16). The fraction of sp³-hybridized carbons (Fsp3) is 0.500. The van der Waals surface area contributed by atoms with Gasteiger partial charge in [0.05, 0.1) is 21.9 Å². The first-order chi connectivity index (χ1) is 9.22. The van der Waals surface area contributed by atoms with Gasteiger partial charge < -0.3 is 10.6 Å². The Hall–Kier alpha value is -0.380. The topological polar surface area (TPSA) is 62.7 Å². The van der Waals surface area contributed by atoms with Crippen LogP contribution < -0.4 is 10.6 Å². The van der Waals surface area contributed by atoms with E-state index < -0.39 is 0 Å². The molecule has 19 heavy (non-hydrogen) atoms. The third-order valence-corrected chi connectivity index (χ3v) is 6.30. The molecule has 2 aromatic rings. The van der Waals surface area contributed by atoms with Crippen molar-refractivity contribution in [1.29, 1.82) is 0 Å². The molecule has 0 aliphatic rings. The highest BCUT2D eigenvalue weighted by molar-refractivity contribution is 9.10. The monoisotopic (exact) mass is 379 g/mol. The Kier molecular flexibility index (Phi) is 5.86. The Balaban J connectivity index is 1.69. The van der Waals surface area contributed by atoms with Gasteiger partial charge in [0.2, 0.25) is 0 Å². The van der Waals surface area contributed by atoms with Gasteiger partial charge in [0.15, 0.2) is 11.6 Å². The number of nitrogens with zero attached hydrogens (tertiary/aromatic N) is 3. The molecule has 0 fully saturated rings. The van der Waals surface area contributed by atoms with E-state index in [-0.39, 0.29) is 0 Å². The number of aromatic nitrogens is 3. The molecular formula is C10H14BrN5S3. The van der Waals surface area contributed by atoms with Gasteiger partial charge in [0, 0.05) is 30.0 Å². The second-order valence-corrected chi connectivity index (χ2v) is 6.98. The summed E-state index contributed by atoms with van der Waals surface area (Å²) in [6, 6.07) is 0. The lowest BCUT2D eigenvalue weighted by atomic mass is 10.4. The molecule has 2 aromatic heterocycles. The molecular weight excluding hydrogens is 366 g/mol. The molecule has 5 nitrogen and oxygen atoms in total. The highest BCUT2D eigenvalue weighted by atomic mass is 79.9. The molecule has 104 valence electrons. The maximum Gasteiger partial charge on any atom is 0.184 e. The number of hydrogen-bond acceptors (Lipinski definition) is 8. The largest absolute Gasteiger partial charge is 0.369 e. The Labute approximate surface area is 133 Å². The van der Waals surface area contributed by atoms with E-state index in [4.69, 9.17) is 0 Å². The zero-order valence-electron chi connectivity index (χ0n) is 10.6. The quantitative estimate of drug-likeness (QED) is 0.718. The van der Waals surface area contributed by atoms with Gasteiger partial charge in [-0.05, 0) is 34.4 Å². The van der Waals surface area contributed by atoms with Gasteiger partial charge in [-0.1, -0.05) is 0 Å². The van der Waals surface area contributed by atoms with Crippen LogP contribution in [0.25, 0.3) is 0 Å². The zero-order valence-corrected chi connectivity index (χ0v) is 14.6. The number of nitrogens with one attached hydrogen (secondary N) is 2. The minimum atomic E-state index is 0.816. The Bertz CT molecular complexity index is 527. The molecule has 0 amide bonds. The van der Waals surface area contributed by atoms with Crippen molar-refractivity contribution in [2.45, 2.75) is 12.7 Å². The first kappa shape index (κ1) is 15.0. The van der Waals surface area contributed by atoms with Gasteiger partial charge in [-0.15, -0.1) is 0 Å². The molecule has 0 unspecified atom stereocenters. The lowest BCUT2D eigenvalue weighted by Crippen LogP contribution is -2.06.